The van der Waals surface area contributed by atoms with Gasteiger partial charge in [-0.15, -0.1) is 0 Å². The minimum atomic E-state index is -3.83. The van der Waals surface area contributed by atoms with Gasteiger partial charge < -0.3 is 5.32 Å². The molecule has 33 heavy (non-hydrogen) atoms. The van der Waals surface area contributed by atoms with E-state index in [0.717, 1.165) is 12.0 Å². The molecule has 0 unspecified atom stereocenters. The van der Waals surface area contributed by atoms with E-state index in [2.05, 4.69) is 17.4 Å². The first kappa shape index (κ1) is 22.1. The molecule has 2 aliphatic rings. The average Bonchev–Trinajstić information content (AvgIpc) is 3.41. The Balaban J connectivity index is 1.40. The smallest absolute Gasteiger partial charge is 0.244 e. The van der Waals surface area contributed by atoms with Crippen LogP contribution in [0.25, 0.3) is 11.1 Å². The standard InChI is InChI=1S/C26H25ClN2O3S/c1-16-13-25(17(2)12-23(16)27)33(31,32)29-11-5-8-24(29)26(30)28-20-10-9-19-14-18-6-3-4-7-21(18)22(19)15-20/h3-4,6-7,9-10,12-13,15,24H,5,8,11,14H2,1-2H3,(H,28,30)/t24-/m0/s1. The Kier molecular flexibility index (Phi) is 5.55. The molecule has 0 saturated carbocycles. The lowest BCUT2D eigenvalue weighted by Crippen LogP contribution is -2.43. The van der Waals surface area contributed by atoms with Crippen molar-refractivity contribution in [2.45, 2.75) is 44.0 Å². The molecule has 5 nitrogen and oxygen atoms in total. The molecule has 1 N–H and O–H groups in total. The SMILES string of the molecule is Cc1cc(S(=O)(=O)N2CCC[C@H]2C(=O)Nc2ccc3c(c2)-c2ccccc2C3)c(C)cc1Cl. The van der Waals surface area contributed by atoms with E-state index in [4.69, 9.17) is 11.6 Å². The minimum Gasteiger partial charge on any atom is -0.325 e. The van der Waals surface area contributed by atoms with Crippen molar-refractivity contribution < 1.29 is 13.2 Å². The number of hydrogen-bond donors (Lipinski definition) is 1. The summed E-state index contributed by atoms with van der Waals surface area (Å²) in [5, 5.41) is 3.49. The predicted molar refractivity (Wildman–Crippen MR) is 131 cm³/mol. The van der Waals surface area contributed by atoms with Gasteiger partial charge in [0, 0.05) is 17.3 Å². The van der Waals surface area contributed by atoms with Crippen LogP contribution in [0.2, 0.25) is 5.02 Å². The highest BCUT2D eigenvalue weighted by Gasteiger charge is 2.40. The van der Waals surface area contributed by atoms with Gasteiger partial charge >= 0.3 is 0 Å². The Hall–Kier alpha value is -2.67. The van der Waals surface area contributed by atoms with Gasteiger partial charge in [0.2, 0.25) is 15.9 Å². The van der Waals surface area contributed by atoms with Crippen LogP contribution in [0.1, 0.15) is 35.1 Å². The number of amides is 1. The fraction of sp³-hybridized carbons (Fsp3) is 0.269. The summed E-state index contributed by atoms with van der Waals surface area (Å²) < 4.78 is 28.3. The number of aryl methyl sites for hydroxylation is 2. The highest BCUT2D eigenvalue weighted by molar-refractivity contribution is 7.89. The predicted octanol–water partition coefficient (Wildman–Crippen LogP) is 5.32. The lowest BCUT2D eigenvalue weighted by Gasteiger charge is -2.24. The lowest BCUT2D eigenvalue weighted by atomic mass is 10.1. The fourth-order valence-corrected chi connectivity index (χ4v) is 7.04. The Morgan fingerprint density at radius 2 is 1.76 bits per heavy atom. The summed E-state index contributed by atoms with van der Waals surface area (Å²) in [6.07, 6.45) is 2.01. The number of benzene rings is 3. The van der Waals surface area contributed by atoms with E-state index in [9.17, 15) is 13.2 Å². The largest absolute Gasteiger partial charge is 0.325 e. The maximum Gasteiger partial charge on any atom is 0.244 e. The zero-order valence-corrected chi connectivity index (χ0v) is 20.1. The molecule has 0 spiro atoms. The first-order chi connectivity index (χ1) is 15.8. The second-order valence-electron chi connectivity index (χ2n) is 8.84. The van der Waals surface area contributed by atoms with Crippen molar-refractivity contribution in [2.24, 2.45) is 0 Å². The molecule has 1 aliphatic carbocycles. The first-order valence-electron chi connectivity index (χ1n) is 11.1. The molecule has 1 heterocycles. The van der Waals surface area contributed by atoms with Crippen molar-refractivity contribution in [1.82, 2.24) is 4.31 Å². The Morgan fingerprint density at radius 1 is 1.00 bits per heavy atom. The Bertz CT molecular complexity index is 1380. The van der Waals surface area contributed by atoms with Crippen molar-refractivity contribution in [1.29, 1.82) is 0 Å². The lowest BCUT2D eigenvalue weighted by molar-refractivity contribution is -0.119. The summed E-state index contributed by atoms with van der Waals surface area (Å²) in [6, 6.07) is 16.7. The van der Waals surface area contributed by atoms with Gasteiger partial charge in [-0.2, -0.15) is 4.31 Å². The van der Waals surface area contributed by atoms with Crippen LogP contribution < -0.4 is 5.32 Å². The molecule has 0 bridgehead atoms. The number of nitrogens with zero attached hydrogens (tertiary/aromatic N) is 1. The summed E-state index contributed by atoms with van der Waals surface area (Å²) >= 11 is 6.16. The van der Waals surface area contributed by atoms with Gasteiger partial charge in [0.05, 0.1) is 4.90 Å². The van der Waals surface area contributed by atoms with Crippen LogP contribution in [0.5, 0.6) is 0 Å². The molecule has 0 radical (unpaired) electrons. The molecular formula is C26H25ClN2O3S. The van der Waals surface area contributed by atoms with Crippen molar-refractivity contribution in [3.63, 3.8) is 0 Å². The number of rotatable bonds is 4. The van der Waals surface area contributed by atoms with Crippen molar-refractivity contribution in [2.75, 3.05) is 11.9 Å². The number of nitrogens with one attached hydrogen (secondary N) is 1. The molecule has 3 aromatic rings. The molecule has 1 saturated heterocycles. The van der Waals surface area contributed by atoms with E-state index in [1.54, 1.807) is 26.0 Å². The first-order valence-corrected chi connectivity index (χ1v) is 12.9. The molecule has 5 rings (SSSR count). The number of hydrogen-bond acceptors (Lipinski definition) is 3. The maximum atomic E-state index is 13.5. The van der Waals surface area contributed by atoms with Crippen LogP contribution in [0.4, 0.5) is 5.69 Å². The third-order valence-corrected chi connectivity index (χ3v) is 9.07. The second kappa shape index (κ2) is 8.28. The fourth-order valence-electron chi connectivity index (χ4n) is 4.88. The zero-order valence-electron chi connectivity index (χ0n) is 18.6. The average molecular weight is 481 g/mol. The minimum absolute atomic E-state index is 0.207. The Morgan fingerprint density at radius 3 is 2.58 bits per heavy atom. The van der Waals surface area contributed by atoms with Crippen LogP contribution >= 0.6 is 11.6 Å². The van der Waals surface area contributed by atoms with Crippen molar-refractivity contribution in [3.8, 4) is 11.1 Å². The Labute approximate surface area is 199 Å². The third kappa shape index (κ3) is 3.86. The van der Waals surface area contributed by atoms with Gasteiger partial charge in [0.25, 0.3) is 0 Å². The van der Waals surface area contributed by atoms with Gasteiger partial charge in [0.1, 0.15) is 6.04 Å². The number of carbonyl (C=O) groups is 1. The van der Waals surface area contributed by atoms with Gasteiger partial charge in [-0.25, -0.2) is 8.42 Å². The van der Waals surface area contributed by atoms with E-state index in [1.165, 1.54) is 21.0 Å². The van der Waals surface area contributed by atoms with E-state index in [0.29, 0.717) is 41.2 Å². The number of fused-ring (bicyclic) bond motifs is 3. The highest BCUT2D eigenvalue weighted by atomic mass is 35.5. The van der Waals surface area contributed by atoms with E-state index in [-0.39, 0.29) is 10.8 Å². The normalized spacial score (nSPS) is 17.6. The third-order valence-electron chi connectivity index (χ3n) is 6.62. The van der Waals surface area contributed by atoms with Gasteiger partial charge in [-0.05, 0) is 90.8 Å². The van der Waals surface area contributed by atoms with Gasteiger partial charge in [-0.3, -0.25) is 4.79 Å². The van der Waals surface area contributed by atoms with Crippen molar-refractivity contribution >= 4 is 33.2 Å². The van der Waals surface area contributed by atoms with Gasteiger partial charge in [0.15, 0.2) is 0 Å². The number of carbonyl (C=O) groups excluding carboxylic acids is 1. The van der Waals surface area contributed by atoms with Gasteiger partial charge in [-0.1, -0.05) is 41.9 Å². The molecule has 170 valence electrons. The van der Waals surface area contributed by atoms with Crippen LogP contribution in [0, 0.1) is 13.8 Å². The molecule has 1 fully saturated rings. The molecule has 3 aromatic carbocycles. The topological polar surface area (TPSA) is 66.5 Å². The van der Waals surface area contributed by atoms with E-state index in [1.807, 2.05) is 30.3 Å². The summed E-state index contributed by atoms with van der Waals surface area (Å²) in [4.78, 5) is 13.4. The molecule has 1 amide bonds. The van der Waals surface area contributed by atoms with E-state index < -0.39 is 16.1 Å². The molecule has 1 atom stereocenters. The number of halogens is 1. The summed E-state index contributed by atoms with van der Waals surface area (Å²) in [5.41, 5.74) is 6.76. The molecule has 0 aromatic heterocycles. The molecule has 1 aliphatic heterocycles. The quantitative estimate of drug-likeness (QED) is 0.430. The van der Waals surface area contributed by atoms with Crippen LogP contribution in [0.15, 0.2) is 59.5 Å². The van der Waals surface area contributed by atoms with Crippen molar-refractivity contribution in [3.05, 3.63) is 81.9 Å². The molecular weight excluding hydrogens is 456 g/mol. The van der Waals surface area contributed by atoms with Crippen LogP contribution in [-0.4, -0.2) is 31.2 Å². The second-order valence-corrected chi connectivity index (χ2v) is 11.1. The zero-order chi connectivity index (χ0) is 23.3. The summed E-state index contributed by atoms with van der Waals surface area (Å²) in [5.74, 6) is -0.300. The van der Waals surface area contributed by atoms with Crippen LogP contribution in [-0.2, 0) is 21.2 Å². The van der Waals surface area contributed by atoms with Crippen LogP contribution in [0.3, 0.4) is 0 Å². The number of sulfonamides is 1. The summed E-state index contributed by atoms with van der Waals surface area (Å²) in [6.45, 7) is 3.83. The highest BCUT2D eigenvalue weighted by Crippen LogP contribution is 2.38. The van der Waals surface area contributed by atoms with E-state index >= 15 is 0 Å². The monoisotopic (exact) mass is 480 g/mol. The number of anilines is 1. The maximum absolute atomic E-state index is 13.5. The summed E-state index contributed by atoms with van der Waals surface area (Å²) in [7, 11) is -3.83. The molecule has 7 heteroatoms.